The molecule has 0 saturated heterocycles. The van der Waals surface area contributed by atoms with Crippen molar-refractivity contribution in [3.63, 3.8) is 0 Å². The van der Waals surface area contributed by atoms with E-state index >= 15 is 0 Å². The summed E-state index contributed by atoms with van der Waals surface area (Å²) in [6, 6.07) is 6.62. The summed E-state index contributed by atoms with van der Waals surface area (Å²) in [4.78, 5) is 86.7. The first kappa shape index (κ1) is 34.3. The van der Waals surface area contributed by atoms with Crippen LogP contribution in [0, 0.1) is 11.8 Å². The van der Waals surface area contributed by atoms with Crippen LogP contribution in [-0.4, -0.2) is 35.6 Å². The highest BCUT2D eigenvalue weighted by molar-refractivity contribution is 7.11. The SMILES string of the molecule is CCCCC(CC)C(=O)N1C(=O)C(C2C(=O)Oc3cc4c(cc32)OC(=O)C4C2C(=O)N(C(=O)C(CC)CCCC)c3ccsc32)c2sccc21. The number of hydrogen-bond acceptors (Lipinski definition) is 10. The van der Waals surface area contributed by atoms with Crippen molar-refractivity contribution < 1.29 is 38.2 Å². The second kappa shape index (κ2) is 13.5. The van der Waals surface area contributed by atoms with Gasteiger partial charge in [0.1, 0.15) is 23.3 Å². The average molecular weight is 717 g/mol. The first-order valence-corrected chi connectivity index (χ1v) is 19.4. The summed E-state index contributed by atoms with van der Waals surface area (Å²) < 4.78 is 11.6. The minimum absolute atomic E-state index is 0.183. The van der Waals surface area contributed by atoms with Crippen molar-refractivity contribution in [2.45, 2.75) is 103 Å². The summed E-state index contributed by atoms with van der Waals surface area (Å²) in [5.74, 6) is -7.03. The van der Waals surface area contributed by atoms with Gasteiger partial charge in [0, 0.05) is 32.7 Å². The van der Waals surface area contributed by atoms with Crippen LogP contribution >= 0.6 is 22.7 Å². The van der Waals surface area contributed by atoms with Crippen LogP contribution < -0.4 is 19.3 Å². The molecule has 50 heavy (non-hydrogen) atoms. The number of hydrogen-bond donors (Lipinski definition) is 0. The highest BCUT2D eigenvalue weighted by Gasteiger charge is 2.56. The number of carbonyl (C=O) groups excluding carboxylic acids is 6. The van der Waals surface area contributed by atoms with E-state index in [9.17, 15) is 28.8 Å². The largest absolute Gasteiger partial charge is 0.426 e. The van der Waals surface area contributed by atoms with Crippen molar-refractivity contribution in [1.82, 2.24) is 0 Å². The van der Waals surface area contributed by atoms with Gasteiger partial charge in [0.15, 0.2) is 0 Å². The molecule has 4 amide bonds. The van der Waals surface area contributed by atoms with E-state index in [0.29, 0.717) is 57.9 Å². The lowest BCUT2D eigenvalue weighted by Crippen LogP contribution is -2.40. The van der Waals surface area contributed by atoms with E-state index in [1.807, 2.05) is 24.6 Å². The Kier molecular flexibility index (Phi) is 9.27. The van der Waals surface area contributed by atoms with Crippen LogP contribution in [0.2, 0.25) is 0 Å². The maximum absolute atomic E-state index is 14.1. The molecule has 12 heteroatoms. The third kappa shape index (κ3) is 5.25. The first-order valence-electron chi connectivity index (χ1n) is 17.7. The quantitative estimate of drug-likeness (QED) is 0.139. The van der Waals surface area contributed by atoms with Crippen LogP contribution in [0.4, 0.5) is 11.4 Å². The van der Waals surface area contributed by atoms with Gasteiger partial charge in [0.2, 0.25) is 23.6 Å². The summed E-state index contributed by atoms with van der Waals surface area (Å²) in [7, 11) is 0. The van der Waals surface area contributed by atoms with E-state index in [0.717, 1.165) is 25.7 Å². The lowest BCUT2D eigenvalue weighted by atomic mass is 9.83. The number of unbranched alkanes of at least 4 members (excludes halogenated alkanes) is 2. The number of thiophene rings is 2. The predicted molar refractivity (Wildman–Crippen MR) is 189 cm³/mol. The van der Waals surface area contributed by atoms with Crippen LogP contribution in [0.1, 0.15) is 124 Å². The molecule has 6 atom stereocenters. The Morgan fingerprint density at radius 3 is 1.42 bits per heavy atom. The van der Waals surface area contributed by atoms with Gasteiger partial charge in [-0.15, -0.1) is 22.7 Å². The van der Waals surface area contributed by atoms with Crippen molar-refractivity contribution in [2.24, 2.45) is 11.8 Å². The fourth-order valence-electron chi connectivity index (χ4n) is 8.00. The zero-order valence-electron chi connectivity index (χ0n) is 28.6. The van der Waals surface area contributed by atoms with Crippen molar-refractivity contribution in [1.29, 1.82) is 0 Å². The van der Waals surface area contributed by atoms with E-state index in [-0.39, 0.29) is 35.1 Å². The van der Waals surface area contributed by atoms with Crippen molar-refractivity contribution >= 4 is 69.6 Å². The molecule has 0 radical (unpaired) electrons. The summed E-state index contributed by atoms with van der Waals surface area (Å²) in [5, 5.41) is 3.62. The summed E-state index contributed by atoms with van der Waals surface area (Å²) in [6.07, 6.45) is 6.14. The topological polar surface area (TPSA) is 127 Å². The number of esters is 2. The smallest absolute Gasteiger partial charge is 0.320 e. The summed E-state index contributed by atoms with van der Waals surface area (Å²) >= 11 is 2.63. The molecule has 4 aliphatic heterocycles. The zero-order valence-corrected chi connectivity index (χ0v) is 30.2. The molecule has 10 nitrogen and oxygen atoms in total. The molecule has 6 unspecified atom stereocenters. The monoisotopic (exact) mass is 716 g/mol. The molecular formula is C38H40N2O8S2. The molecule has 6 heterocycles. The van der Waals surface area contributed by atoms with Gasteiger partial charge in [-0.2, -0.15) is 0 Å². The molecule has 2 aromatic heterocycles. The molecular weight excluding hydrogens is 677 g/mol. The van der Waals surface area contributed by atoms with Gasteiger partial charge >= 0.3 is 11.9 Å². The number of carbonyl (C=O) groups is 6. The Morgan fingerprint density at radius 1 is 0.660 bits per heavy atom. The number of rotatable bonds is 12. The predicted octanol–water partition coefficient (Wildman–Crippen LogP) is 7.56. The van der Waals surface area contributed by atoms with Gasteiger partial charge in [-0.3, -0.25) is 28.8 Å². The Morgan fingerprint density at radius 2 is 1.06 bits per heavy atom. The van der Waals surface area contributed by atoms with Gasteiger partial charge in [-0.05, 0) is 60.7 Å². The second-order valence-corrected chi connectivity index (χ2v) is 15.4. The number of fused-ring (bicyclic) bond motifs is 4. The standard InChI is InChI=1S/C38H40N2O8S2/c1-5-9-11-19(7-3)33(41)39-23-13-15-49-31(23)29(35(39)43)27-21-17-26-22(18-25(21)47-37(27)45)28(38(46)48-26)30-32-24(14-16-50-32)40(36(30)44)34(42)20(8-4)12-10-6-2/h13-20,27-30H,5-12H2,1-4H3. The summed E-state index contributed by atoms with van der Waals surface area (Å²) in [5.41, 5.74) is 1.79. The Bertz CT molecular complexity index is 1770. The minimum atomic E-state index is -1.05. The number of anilines is 2. The number of amides is 4. The fraction of sp³-hybridized carbons (Fsp3) is 0.474. The summed E-state index contributed by atoms with van der Waals surface area (Å²) in [6.45, 7) is 7.99. The molecule has 7 rings (SSSR count). The number of benzene rings is 1. The van der Waals surface area contributed by atoms with Crippen molar-refractivity contribution in [3.05, 3.63) is 55.9 Å². The fourth-order valence-corrected chi connectivity index (χ4v) is 10.0. The molecule has 4 aliphatic rings. The Balaban J connectivity index is 1.21. The maximum Gasteiger partial charge on any atom is 0.320 e. The van der Waals surface area contributed by atoms with E-state index in [2.05, 4.69) is 13.8 Å². The molecule has 0 fully saturated rings. The van der Waals surface area contributed by atoms with Crippen LogP contribution in [0.3, 0.4) is 0 Å². The van der Waals surface area contributed by atoms with Crippen LogP contribution in [0.5, 0.6) is 11.5 Å². The molecule has 3 aromatic rings. The van der Waals surface area contributed by atoms with Crippen LogP contribution in [0.25, 0.3) is 0 Å². The third-order valence-electron chi connectivity index (χ3n) is 10.7. The van der Waals surface area contributed by atoms with E-state index in [1.54, 1.807) is 24.3 Å². The average Bonchev–Trinajstić information content (AvgIpc) is 3.94. The number of imide groups is 2. The molecule has 0 bridgehead atoms. The Labute approximate surface area is 298 Å². The van der Waals surface area contributed by atoms with Crippen molar-refractivity contribution in [2.75, 3.05) is 9.80 Å². The van der Waals surface area contributed by atoms with Gasteiger partial charge in [0.05, 0.1) is 23.2 Å². The zero-order chi connectivity index (χ0) is 35.4. The van der Waals surface area contributed by atoms with Gasteiger partial charge in [-0.25, -0.2) is 9.80 Å². The minimum Gasteiger partial charge on any atom is -0.426 e. The first-order chi connectivity index (χ1) is 24.2. The molecule has 0 N–H and O–H groups in total. The molecule has 0 aliphatic carbocycles. The molecule has 0 saturated carbocycles. The van der Waals surface area contributed by atoms with Crippen LogP contribution in [0.15, 0.2) is 35.0 Å². The maximum atomic E-state index is 14.1. The lowest BCUT2D eigenvalue weighted by molar-refractivity contribution is -0.137. The van der Waals surface area contributed by atoms with Gasteiger partial charge < -0.3 is 9.47 Å². The number of nitrogens with zero attached hydrogens (tertiary/aromatic N) is 2. The number of ether oxygens (including phenoxy) is 2. The van der Waals surface area contributed by atoms with E-state index in [1.165, 1.54) is 32.5 Å². The highest BCUT2D eigenvalue weighted by atomic mass is 32.1. The second-order valence-electron chi connectivity index (χ2n) is 13.5. The van der Waals surface area contributed by atoms with Gasteiger partial charge in [-0.1, -0.05) is 53.4 Å². The van der Waals surface area contributed by atoms with E-state index in [4.69, 9.17) is 9.47 Å². The van der Waals surface area contributed by atoms with Crippen LogP contribution in [-0.2, 0) is 28.8 Å². The molecule has 1 aromatic carbocycles. The van der Waals surface area contributed by atoms with Gasteiger partial charge in [0.25, 0.3) is 0 Å². The Hall–Kier alpha value is -4.16. The highest BCUT2D eigenvalue weighted by Crippen LogP contribution is 2.57. The van der Waals surface area contributed by atoms with Crippen molar-refractivity contribution in [3.8, 4) is 11.5 Å². The van der Waals surface area contributed by atoms with E-state index < -0.39 is 47.4 Å². The lowest BCUT2D eigenvalue weighted by Gasteiger charge is -2.23. The third-order valence-corrected chi connectivity index (χ3v) is 12.7. The molecule has 0 spiro atoms. The molecule has 262 valence electrons. The normalized spacial score (nSPS) is 23.0.